The third-order valence-electron chi connectivity index (χ3n) is 2.33. The van der Waals surface area contributed by atoms with Gasteiger partial charge in [-0.05, 0) is 24.3 Å². The molecule has 6 heteroatoms. The monoisotopic (exact) mass is 240 g/mol. The van der Waals surface area contributed by atoms with E-state index in [1.54, 1.807) is 42.9 Å². The quantitative estimate of drug-likeness (QED) is 0.736. The number of hydrogen-bond acceptors (Lipinski definition) is 6. The second kappa shape index (κ2) is 4.25. The molecule has 0 radical (unpaired) electrons. The molecule has 18 heavy (non-hydrogen) atoms. The molecule has 0 spiro atoms. The average Bonchev–Trinajstić information content (AvgIpc) is 2.90. The molecule has 0 amide bonds. The van der Waals surface area contributed by atoms with Crippen LogP contribution in [0, 0.1) is 0 Å². The molecule has 3 aromatic rings. The largest absolute Gasteiger partial charge is 0.508 e. The van der Waals surface area contributed by atoms with Crippen LogP contribution in [0.4, 0.5) is 0 Å². The summed E-state index contributed by atoms with van der Waals surface area (Å²) in [5.41, 5.74) is 1.28. The predicted molar refractivity (Wildman–Crippen MR) is 62.4 cm³/mol. The van der Waals surface area contributed by atoms with Crippen molar-refractivity contribution in [2.24, 2.45) is 0 Å². The molecule has 0 fully saturated rings. The summed E-state index contributed by atoms with van der Waals surface area (Å²) < 4.78 is 5.11. The minimum Gasteiger partial charge on any atom is -0.508 e. The van der Waals surface area contributed by atoms with Crippen molar-refractivity contribution < 1.29 is 9.63 Å². The van der Waals surface area contributed by atoms with Crippen LogP contribution in [0.25, 0.3) is 23.0 Å². The van der Waals surface area contributed by atoms with Crippen molar-refractivity contribution in [3.8, 4) is 28.7 Å². The molecule has 2 heterocycles. The van der Waals surface area contributed by atoms with Gasteiger partial charge in [-0.3, -0.25) is 4.98 Å². The van der Waals surface area contributed by atoms with Crippen LogP contribution < -0.4 is 0 Å². The Bertz CT molecular complexity index is 649. The highest BCUT2D eigenvalue weighted by molar-refractivity contribution is 5.58. The zero-order chi connectivity index (χ0) is 12.4. The van der Waals surface area contributed by atoms with Gasteiger partial charge in [-0.25, -0.2) is 4.98 Å². The van der Waals surface area contributed by atoms with Crippen molar-refractivity contribution in [1.29, 1.82) is 0 Å². The van der Waals surface area contributed by atoms with E-state index in [-0.39, 0.29) is 5.75 Å². The Balaban J connectivity index is 1.97. The topological polar surface area (TPSA) is 84.9 Å². The Morgan fingerprint density at radius 3 is 2.61 bits per heavy atom. The lowest BCUT2D eigenvalue weighted by molar-refractivity contribution is 0.430. The summed E-state index contributed by atoms with van der Waals surface area (Å²) in [5, 5.41) is 13.1. The van der Waals surface area contributed by atoms with E-state index in [1.807, 2.05) is 0 Å². The molecule has 0 bridgehead atoms. The Morgan fingerprint density at radius 1 is 1.06 bits per heavy atom. The van der Waals surface area contributed by atoms with Gasteiger partial charge < -0.3 is 9.63 Å². The molecule has 1 aromatic carbocycles. The Labute approximate surface area is 102 Å². The van der Waals surface area contributed by atoms with Gasteiger partial charge in [0, 0.05) is 18.0 Å². The fraction of sp³-hybridized carbons (Fsp3) is 0. The van der Waals surface area contributed by atoms with E-state index in [9.17, 15) is 5.11 Å². The van der Waals surface area contributed by atoms with Crippen molar-refractivity contribution in [2.75, 3.05) is 0 Å². The van der Waals surface area contributed by atoms with Crippen molar-refractivity contribution in [1.82, 2.24) is 20.1 Å². The lowest BCUT2D eigenvalue weighted by atomic mass is 10.2. The van der Waals surface area contributed by atoms with Crippen LogP contribution in [-0.4, -0.2) is 25.2 Å². The molecule has 0 saturated heterocycles. The summed E-state index contributed by atoms with van der Waals surface area (Å²) in [5.74, 6) is 0.943. The van der Waals surface area contributed by atoms with E-state index < -0.39 is 0 Å². The van der Waals surface area contributed by atoms with Gasteiger partial charge in [0.1, 0.15) is 11.4 Å². The third-order valence-corrected chi connectivity index (χ3v) is 2.33. The highest BCUT2D eigenvalue weighted by Crippen LogP contribution is 2.21. The summed E-state index contributed by atoms with van der Waals surface area (Å²) in [6, 6.07) is 6.54. The van der Waals surface area contributed by atoms with Crippen molar-refractivity contribution in [3.63, 3.8) is 0 Å². The van der Waals surface area contributed by atoms with Gasteiger partial charge in [0.25, 0.3) is 5.89 Å². The number of aromatic hydroxyl groups is 1. The van der Waals surface area contributed by atoms with Crippen LogP contribution in [0.3, 0.4) is 0 Å². The Hall–Kier alpha value is -2.76. The molecule has 0 aliphatic heterocycles. The summed E-state index contributed by atoms with van der Waals surface area (Å²) in [6.45, 7) is 0. The third kappa shape index (κ3) is 1.91. The first kappa shape index (κ1) is 10.4. The zero-order valence-electron chi connectivity index (χ0n) is 9.19. The van der Waals surface area contributed by atoms with E-state index in [2.05, 4.69) is 20.1 Å². The highest BCUT2D eigenvalue weighted by atomic mass is 16.5. The number of phenolic OH excluding ortho intramolecular Hbond substituents is 1. The number of nitrogens with zero attached hydrogens (tertiary/aromatic N) is 4. The molecule has 0 aliphatic carbocycles. The smallest absolute Gasteiger partial charge is 0.278 e. The maximum Gasteiger partial charge on any atom is 0.278 e. The molecule has 2 aromatic heterocycles. The van der Waals surface area contributed by atoms with Gasteiger partial charge >= 0.3 is 0 Å². The zero-order valence-corrected chi connectivity index (χ0v) is 9.19. The van der Waals surface area contributed by atoms with Crippen molar-refractivity contribution in [3.05, 3.63) is 42.9 Å². The van der Waals surface area contributed by atoms with E-state index in [0.717, 1.165) is 5.56 Å². The highest BCUT2D eigenvalue weighted by Gasteiger charge is 2.11. The lowest BCUT2D eigenvalue weighted by Crippen LogP contribution is -1.84. The first-order valence-corrected chi connectivity index (χ1v) is 5.22. The summed E-state index contributed by atoms with van der Waals surface area (Å²) in [7, 11) is 0. The molecule has 3 rings (SSSR count). The van der Waals surface area contributed by atoms with Crippen LogP contribution in [0.1, 0.15) is 0 Å². The molecular formula is C12H8N4O2. The fourth-order valence-electron chi connectivity index (χ4n) is 1.46. The van der Waals surface area contributed by atoms with Gasteiger partial charge in [-0.1, -0.05) is 5.16 Å². The fourth-order valence-corrected chi connectivity index (χ4v) is 1.46. The lowest BCUT2D eigenvalue weighted by Gasteiger charge is -1.93. The number of benzene rings is 1. The van der Waals surface area contributed by atoms with Crippen LogP contribution in [-0.2, 0) is 0 Å². The SMILES string of the molecule is Oc1ccc(-c2noc(-c3cnccn3)n2)cc1. The molecular weight excluding hydrogens is 232 g/mol. The maximum absolute atomic E-state index is 9.20. The van der Waals surface area contributed by atoms with E-state index in [4.69, 9.17) is 4.52 Å². The second-order valence-electron chi connectivity index (χ2n) is 3.56. The number of rotatable bonds is 2. The van der Waals surface area contributed by atoms with Crippen molar-refractivity contribution >= 4 is 0 Å². The summed E-state index contributed by atoms with van der Waals surface area (Å²) in [6.07, 6.45) is 4.68. The van der Waals surface area contributed by atoms with E-state index in [1.165, 1.54) is 0 Å². The van der Waals surface area contributed by atoms with Gasteiger partial charge in [0.05, 0.1) is 6.20 Å². The van der Waals surface area contributed by atoms with Crippen LogP contribution >= 0.6 is 0 Å². The first-order chi connectivity index (χ1) is 8.83. The van der Waals surface area contributed by atoms with Crippen LogP contribution in [0.2, 0.25) is 0 Å². The molecule has 0 aliphatic rings. The predicted octanol–water partition coefficient (Wildman–Crippen LogP) is 1.90. The number of aromatic nitrogens is 4. The van der Waals surface area contributed by atoms with Crippen LogP contribution in [0.5, 0.6) is 5.75 Å². The summed E-state index contributed by atoms with van der Waals surface area (Å²) in [4.78, 5) is 12.2. The molecule has 88 valence electrons. The number of hydrogen-bond donors (Lipinski definition) is 1. The normalized spacial score (nSPS) is 10.4. The first-order valence-electron chi connectivity index (χ1n) is 5.22. The maximum atomic E-state index is 9.20. The minimum absolute atomic E-state index is 0.191. The van der Waals surface area contributed by atoms with Gasteiger partial charge in [-0.2, -0.15) is 4.98 Å². The van der Waals surface area contributed by atoms with E-state index >= 15 is 0 Å². The average molecular weight is 240 g/mol. The molecule has 0 saturated carbocycles. The van der Waals surface area contributed by atoms with Gasteiger partial charge in [0.2, 0.25) is 5.82 Å². The van der Waals surface area contributed by atoms with Gasteiger partial charge in [0.15, 0.2) is 0 Å². The van der Waals surface area contributed by atoms with Gasteiger partial charge in [-0.15, -0.1) is 0 Å². The standard InChI is InChI=1S/C12H8N4O2/c17-9-3-1-8(2-4-9)11-15-12(18-16-11)10-7-13-5-6-14-10/h1-7,17H. The summed E-state index contributed by atoms with van der Waals surface area (Å²) >= 11 is 0. The van der Waals surface area contributed by atoms with Crippen LogP contribution in [0.15, 0.2) is 47.4 Å². The molecule has 6 nitrogen and oxygen atoms in total. The molecule has 1 N–H and O–H groups in total. The number of phenols is 1. The Kier molecular flexibility index (Phi) is 2.45. The molecule has 0 atom stereocenters. The van der Waals surface area contributed by atoms with E-state index in [0.29, 0.717) is 17.4 Å². The molecule has 0 unspecified atom stereocenters. The van der Waals surface area contributed by atoms with Crippen molar-refractivity contribution in [2.45, 2.75) is 0 Å². The second-order valence-corrected chi connectivity index (χ2v) is 3.56. The minimum atomic E-state index is 0.191. The Morgan fingerprint density at radius 2 is 1.89 bits per heavy atom.